The molecule has 0 unspecified atom stereocenters. The highest BCUT2D eigenvalue weighted by Crippen LogP contribution is 2.43. The predicted molar refractivity (Wildman–Crippen MR) is 266 cm³/mol. The van der Waals surface area contributed by atoms with Gasteiger partial charge >= 0.3 is 0 Å². The topological polar surface area (TPSA) is 30.7 Å². The van der Waals surface area contributed by atoms with Crippen LogP contribution in [0.15, 0.2) is 224 Å². The van der Waals surface area contributed by atoms with Crippen molar-refractivity contribution in [1.29, 1.82) is 0 Å². The van der Waals surface area contributed by atoms with Gasteiger partial charge in [-0.2, -0.15) is 0 Å². The minimum Gasteiger partial charge on any atom is -0.294 e. The number of nitrogens with zero attached hydrogens (tertiary/aromatic N) is 3. The maximum Gasteiger partial charge on any atom is 0.162 e. The first-order valence-corrected chi connectivity index (χ1v) is 21.6. The third-order valence-corrected chi connectivity index (χ3v) is 12.9. The van der Waals surface area contributed by atoms with Crippen LogP contribution in [-0.4, -0.2) is 14.5 Å². The molecule has 0 spiro atoms. The van der Waals surface area contributed by atoms with Crippen LogP contribution in [0, 0.1) is 0 Å². The predicted octanol–water partition coefficient (Wildman–Crippen LogP) is 16.0. The Morgan fingerprint density at radius 2 is 0.730 bits per heavy atom. The van der Waals surface area contributed by atoms with E-state index in [9.17, 15) is 0 Å². The number of hydrogen-bond donors (Lipinski definition) is 0. The van der Waals surface area contributed by atoms with Crippen LogP contribution in [0.1, 0.15) is 0 Å². The Bertz CT molecular complexity index is 3900. The average Bonchev–Trinajstić information content (AvgIpc) is 3.68. The number of aromatic nitrogens is 3. The first-order chi connectivity index (χ1) is 31.2. The molecule has 13 rings (SSSR count). The fourth-order valence-electron chi connectivity index (χ4n) is 9.83. The first-order valence-electron chi connectivity index (χ1n) is 21.6. The monoisotopic (exact) mass is 799 g/mol. The Hall–Kier alpha value is -8.40. The highest BCUT2D eigenvalue weighted by atomic mass is 15.1. The van der Waals surface area contributed by atoms with E-state index >= 15 is 0 Å². The molecule has 292 valence electrons. The molecule has 2 aromatic heterocycles. The fourth-order valence-corrected chi connectivity index (χ4v) is 9.83. The van der Waals surface area contributed by atoms with Gasteiger partial charge in [0.05, 0.1) is 16.7 Å². The summed E-state index contributed by atoms with van der Waals surface area (Å²) in [4.78, 5) is 10.6. The van der Waals surface area contributed by atoms with Crippen molar-refractivity contribution in [3.05, 3.63) is 224 Å². The fraction of sp³-hybridized carbons (Fsp3) is 0. The summed E-state index contributed by atoms with van der Waals surface area (Å²) >= 11 is 0. The Morgan fingerprint density at radius 1 is 0.254 bits per heavy atom. The summed E-state index contributed by atoms with van der Waals surface area (Å²) in [5.74, 6) is 1.51. The van der Waals surface area contributed by atoms with Gasteiger partial charge < -0.3 is 0 Å². The normalized spacial score (nSPS) is 11.8. The van der Waals surface area contributed by atoms with E-state index in [0.717, 1.165) is 33.7 Å². The molecule has 3 nitrogen and oxygen atoms in total. The number of fused-ring (bicyclic) bond motifs is 11. The third kappa shape index (κ3) is 5.82. The van der Waals surface area contributed by atoms with Crippen molar-refractivity contribution >= 4 is 75.7 Å². The van der Waals surface area contributed by atoms with Crippen LogP contribution >= 0.6 is 0 Å². The Kier molecular flexibility index (Phi) is 7.91. The van der Waals surface area contributed by atoms with Gasteiger partial charge in [-0.15, -0.1) is 0 Å². The van der Waals surface area contributed by atoms with E-state index in [1.165, 1.54) is 86.9 Å². The van der Waals surface area contributed by atoms with Gasteiger partial charge in [0.25, 0.3) is 0 Å². The van der Waals surface area contributed by atoms with Crippen LogP contribution in [0.4, 0.5) is 0 Å². The highest BCUT2D eigenvalue weighted by molar-refractivity contribution is 6.29. The number of rotatable bonds is 5. The smallest absolute Gasteiger partial charge is 0.162 e. The zero-order chi connectivity index (χ0) is 41.4. The lowest BCUT2D eigenvalue weighted by molar-refractivity contribution is 1.05. The van der Waals surface area contributed by atoms with Gasteiger partial charge in [0.1, 0.15) is 5.82 Å². The SMILES string of the molecule is c1ccc(-c2cc(-n3c4ccc(-c5ccc6ccccc6c5)cc4c4cc5c6ccccc6c6cc(-c7ccc8ccccc8c7)ccc6c5cc43)nc(-c3ccccc3)n2)cc1. The van der Waals surface area contributed by atoms with Crippen LogP contribution in [-0.2, 0) is 0 Å². The Morgan fingerprint density at radius 3 is 1.40 bits per heavy atom. The summed E-state index contributed by atoms with van der Waals surface area (Å²) in [7, 11) is 0. The molecule has 0 aliphatic carbocycles. The standard InChI is InChI=1S/C60H37N3/c1-3-15-40(16-4-1)56-37-59(62-60(61-56)41-17-5-2-6-18-41)63-57-30-28-47(45-26-24-39-14-8-10-20-43(39)32-45)34-54(57)55-35-52-49-22-12-11-21-48(49)51-33-46(27-29-50(51)53(52)36-58(55)63)44-25-23-38-13-7-9-19-42(38)31-44/h1-37H. The molecule has 11 aromatic carbocycles. The maximum absolute atomic E-state index is 5.40. The van der Waals surface area contributed by atoms with Gasteiger partial charge in [-0.3, -0.25) is 4.57 Å². The van der Waals surface area contributed by atoms with Crippen molar-refractivity contribution in [3.8, 4) is 50.7 Å². The summed E-state index contributed by atoms with van der Waals surface area (Å²) in [6, 6.07) is 81.3. The molecule has 13 aromatic rings. The van der Waals surface area contributed by atoms with Crippen LogP contribution in [0.5, 0.6) is 0 Å². The van der Waals surface area contributed by atoms with Crippen LogP contribution in [0.2, 0.25) is 0 Å². The molecular weight excluding hydrogens is 763 g/mol. The quantitative estimate of drug-likeness (QED) is 0.162. The lowest BCUT2D eigenvalue weighted by Gasteiger charge is -2.14. The summed E-state index contributed by atoms with van der Waals surface area (Å²) in [5.41, 5.74) is 9.87. The van der Waals surface area contributed by atoms with Gasteiger partial charge in [-0.1, -0.05) is 176 Å². The van der Waals surface area contributed by atoms with Gasteiger partial charge in [-0.25, -0.2) is 9.97 Å². The van der Waals surface area contributed by atoms with E-state index in [0.29, 0.717) is 5.82 Å². The zero-order valence-corrected chi connectivity index (χ0v) is 34.2. The summed E-state index contributed by atoms with van der Waals surface area (Å²) in [5, 5.41) is 14.7. The summed E-state index contributed by atoms with van der Waals surface area (Å²) in [6.07, 6.45) is 0. The van der Waals surface area contributed by atoms with Gasteiger partial charge in [-0.05, 0) is 119 Å². The lowest BCUT2D eigenvalue weighted by atomic mass is 9.91. The third-order valence-electron chi connectivity index (χ3n) is 12.9. The molecule has 0 radical (unpaired) electrons. The van der Waals surface area contributed by atoms with E-state index in [4.69, 9.17) is 9.97 Å². The van der Waals surface area contributed by atoms with Crippen molar-refractivity contribution in [2.75, 3.05) is 0 Å². The van der Waals surface area contributed by atoms with Gasteiger partial charge in [0.15, 0.2) is 5.82 Å². The molecule has 0 aliphatic rings. The summed E-state index contributed by atoms with van der Waals surface area (Å²) in [6.45, 7) is 0. The van der Waals surface area contributed by atoms with Crippen molar-refractivity contribution in [2.45, 2.75) is 0 Å². The summed E-state index contributed by atoms with van der Waals surface area (Å²) < 4.78 is 2.36. The van der Waals surface area contributed by atoms with Crippen molar-refractivity contribution in [2.24, 2.45) is 0 Å². The second-order valence-corrected chi connectivity index (χ2v) is 16.6. The van der Waals surface area contributed by atoms with Gasteiger partial charge in [0, 0.05) is 28.0 Å². The molecule has 0 N–H and O–H groups in total. The van der Waals surface area contributed by atoms with Gasteiger partial charge in [0.2, 0.25) is 0 Å². The first kappa shape index (κ1) is 35.4. The average molecular weight is 800 g/mol. The molecule has 63 heavy (non-hydrogen) atoms. The second kappa shape index (κ2) is 14.1. The molecule has 0 fully saturated rings. The molecule has 0 bridgehead atoms. The van der Waals surface area contributed by atoms with Crippen LogP contribution < -0.4 is 0 Å². The van der Waals surface area contributed by atoms with Crippen LogP contribution in [0.25, 0.3) is 126 Å². The minimum atomic E-state index is 0.688. The number of hydrogen-bond acceptors (Lipinski definition) is 2. The molecule has 0 saturated heterocycles. The van der Waals surface area contributed by atoms with Crippen molar-refractivity contribution < 1.29 is 0 Å². The minimum absolute atomic E-state index is 0.688. The molecule has 0 amide bonds. The Labute approximate surface area is 363 Å². The molecule has 0 saturated carbocycles. The molecule has 0 atom stereocenters. The van der Waals surface area contributed by atoms with E-state index in [1.54, 1.807) is 0 Å². The second-order valence-electron chi connectivity index (χ2n) is 16.6. The van der Waals surface area contributed by atoms with E-state index < -0.39 is 0 Å². The lowest BCUT2D eigenvalue weighted by Crippen LogP contribution is -2.02. The highest BCUT2D eigenvalue weighted by Gasteiger charge is 2.20. The van der Waals surface area contributed by atoms with Crippen molar-refractivity contribution in [1.82, 2.24) is 14.5 Å². The molecule has 0 aliphatic heterocycles. The maximum atomic E-state index is 5.40. The van der Waals surface area contributed by atoms with E-state index in [-0.39, 0.29) is 0 Å². The zero-order valence-electron chi connectivity index (χ0n) is 34.2. The Balaban J connectivity index is 1.12. The molecule has 2 heterocycles. The molecule has 3 heteroatoms. The van der Waals surface area contributed by atoms with Crippen molar-refractivity contribution in [3.63, 3.8) is 0 Å². The van der Waals surface area contributed by atoms with E-state index in [1.807, 2.05) is 12.1 Å². The number of benzene rings is 11. The molecular formula is C60H37N3. The van der Waals surface area contributed by atoms with E-state index in [2.05, 4.69) is 217 Å². The largest absolute Gasteiger partial charge is 0.294 e. The van der Waals surface area contributed by atoms with Crippen LogP contribution in [0.3, 0.4) is 0 Å².